The van der Waals surface area contributed by atoms with E-state index in [1.54, 1.807) is 18.2 Å². The van der Waals surface area contributed by atoms with Crippen LogP contribution in [0.5, 0.6) is 17.2 Å². The van der Waals surface area contributed by atoms with Crippen LogP contribution < -0.4 is 5.32 Å². The van der Waals surface area contributed by atoms with Crippen LogP contribution in [0.1, 0.15) is 11.1 Å². The predicted molar refractivity (Wildman–Crippen MR) is 120 cm³/mol. The zero-order chi connectivity index (χ0) is 21.4. The van der Waals surface area contributed by atoms with Gasteiger partial charge in [0.15, 0.2) is 0 Å². The highest BCUT2D eigenvalue weighted by atomic mass is 16.3. The van der Waals surface area contributed by atoms with Gasteiger partial charge in [-0.1, -0.05) is 0 Å². The Bertz CT molecular complexity index is 1210. The summed E-state index contributed by atoms with van der Waals surface area (Å²) in [5.74, 6) is 0.392. The summed E-state index contributed by atoms with van der Waals surface area (Å²) >= 11 is 0. The highest BCUT2D eigenvalue weighted by Gasteiger charge is 2.20. The van der Waals surface area contributed by atoms with Crippen molar-refractivity contribution in [3.8, 4) is 28.4 Å². The number of aromatic amines is 2. The molecular formula is C23H28N4O3. The molecule has 0 amide bonds. The number of benzene rings is 2. The number of H-pyrrole nitrogens is 2. The molecule has 0 saturated carbocycles. The van der Waals surface area contributed by atoms with E-state index in [1.165, 1.54) is 0 Å². The van der Waals surface area contributed by atoms with E-state index < -0.39 is 0 Å². The molecule has 0 atom stereocenters. The van der Waals surface area contributed by atoms with E-state index in [4.69, 9.17) is 0 Å². The number of hydrogen-bond donors (Lipinski definition) is 6. The van der Waals surface area contributed by atoms with Crippen molar-refractivity contribution in [2.24, 2.45) is 0 Å². The molecule has 30 heavy (non-hydrogen) atoms. The summed E-state index contributed by atoms with van der Waals surface area (Å²) in [7, 11) is 5.90. The molecule has 0 aliphatic heterocycles. The van der Waals surface area contributed by atoms with Crippen LogP contribution in [0, 0.1) is 0 Å². The second-order valence-corrected chi connectivity index (χ2v) is 7.96. The van der Waals surface area contributed by atoms with Gasteiger partial charge >= 0.3 is 0 Å². The molecule has 0 saturated heterocycles. The molecule has 7 nitrogen and oxygen atoms in total. The molecule has 4 aromatic rings. The third-order valence-electron chi connectivity index (χ3n) is 5.65. The van der Waals surface area contributed by atoms with Crippen molar-refractivity contribution in [2.75, 3.05) is 34.2 Å². The summed E-state index contributed by atoms with van der Waals surface area (Å²) in [6.45, 7) is 1.62. The van der Waals surface area contributed by atoms with Gasteiger partial charge in [0.05, 0.1) is 11.0 Å². The summed E-state index contributed by atoms with van der Waals surface area (Å²) in [6.07, 6.45) is 5.24. The first kappa shape index (κ1) is 20.1. The van der Waals surface area contributed by atoms with Crippen LogP contribution in [-0.2, 0) is 12.8 Å². The third kappa shape index (κ3) is 3.36. The summed E-state index contributed by atoms with van der Waals surface area (Å²) in [4.78, 5) is 8.46. The van der Waals surface area contributed by atoms with Crippen molar-refractivity contribution >= 4 is 21.8 Å². The van der Waals surface area contributed by atoms with E-state index in [0.29, 0.717) is 16.5 Å². The third-order valence-corrected chi connectivity index (χ3v) is 5.65. The number of aromatic hydroxyl groups is 3. The number of phenols is 3. The topological polar surface area (TPSA) is 108 Å². The average Bonchev–Trinajstić information content (AvgIpc) is 3.33. The lowest BCUT2D eigenvalue weighted by Gasteiger charge is -2.12. The Kier molecular flexibility index (Phi) is 5.32. The molecule has 2 heterocycles. The summed E-state index contributed by atoms with van der Waals surface area (Å²) in [5, 5.41) is 36.8. The lowest BCUT2D eigenvalue weighted by molar-refractivity contribution is 0.414. The Balaban J connectivity index is 1.86. The Morgan fingerprint density at radius 2 is 1.53 bits per heavy atom. The van der Waals surface area contributed by atoms with Gasteiger partial charge in [-0.05, 0) is 69.9 Å². The largest absolute Gasteiger partial charge is 0.507 e. The van der Waals surface area contributed by atoms with E-state index in [1.807, 2.05) is 33.5 Å². The highest BCUT2D eigenvalue weighted by molar-refractivity contribution is 6.05. The molecule has 158 valence electrons. The molecule has 0 bridgehead atoms. The lowest BCUT2D eigenvalue weighted by Crippen LogP contribution is -2.14. The van der Waals surface area contributed by atoms with E-state index in [2.05, 4.69) is 20.2 Å². The predicted octanol–water partition coefficient (Wildman–Crippen LogP) is 3.30. The molecule has 0 unspecified atom stereocenters. The molecule has 4 rings (SSSR count). The summed E-state index contributed by atoms with van der Waals surface area (Å²) < 4.78 is 0. The van der Waals surface area contributed by atoms with Gasteiger partial charge in [0.1, 0.15) is 17.2 Å². The van der Waals surface area contributed by atoms with Gasteiger partial charge in [0.2, 0.25) is 0 Å². The fraction of sp³-hybridized carbons (Fsp3) is 0.304. The van der Waals surface area contributed by atoms with Gasteiger partial charge in [-0.2, -0.15) is 0 Å². The Morgan fingerprint density at radius 1 is 0.867 bits per heavy atom. The van der Waals surface area contributed by atoms with Crippen LogP contribution in [0.15, 0.2) is 30.6 Å². The number of likely N-dealkylation sites (N-methyl/N-ethyl adjacent to an activating group) is 2. The second kappa shape index (κ2) is 7.93. The zero-order valence-electron chi connectivity index (χ0n) is 17.5. The van der Waals surface area contributed by atoms with Crippen molar-refractivity contribution in [1.29, 1.82) is 0 Å². The molecule has 0 radical (unpaired) electrons. The van der Waals surface area contributed by atoms with Crippen LogP contribution in [0.3, 0.4) is 0 Å². The highest BCUT2D eigenvalue weighted by Crippen LogP contribution is 2.45. The number of aromatic nitrogens is 2. The fourth-order valence-electron chi connectivity index (χ4n) is 4.08. The molecule has 2 aromatic carbocycles. The van der Waals surface area contributed by atoms with Gasteiger partial charge in [0.25, 0.3) is 0 Å². The number of nitrogens with one attached hydrogen (secondary N) is 3. The Morgan fingerprint density at radius 3 is 2.23 bits per heavy atom. The second-order valence-electron chi connectivity index (χ2n) is 7.96. The molecule has 2 aromatic heterocycles. The molecule has 7 heteroatoms. The Labute approximate surface area is 175 Å². The molecule has 6 N–H and O–H groups in total. The van der Waals surface area contributed by atoms with Crippen molar-refractivity contribution in [2.45, 2.75) is 12.8 Å². The van der Waals surface area contributed by atoms with E-state index in [-0.39, 0.29) is 17.2 Å². The minimum absolute atomic E-state index is 0.0786. The minimum Gasteiger partial charge on any atom is -0.507 e. The fourth-order valence-corrected chi connectivity index (χ4v) is 4.08. The summed E-state index contributed by atoms with van der Waals surface area (Å²) in [6, 6.07) is 4.99. The lowest BCUT2D eigenvalue weighted by atomic mass is 9.97. The maximum Gasteiger partial charge on any atom is 0.147 e. The summed E-state index contributed by atoms with van der Waals surface area (Å²) in [5.41, 5.74) is 4.43. The van der Waals surface area contributed by atoms with E-state index >= 15 is 0 Å². The molecule has 0 spiro atoms. The van der Waals surface area contributed by atoms with Crippen molar-refractivity contribution in [3.05, 3.63) is 41.7 Å². The molecule has 0 fully saturated rings. The monoisotopic (exact) mass is 408 g/mol. The number of rotatable bonds is 7. The van der Waals surface area contributed by atoms with Crippen molar-refractivity contribution < 1.29 is 15.3 Å². The standard InChI is InChI=1S/C23H28N4O3/c1-24-8-6-13-11-26-22-20(13)18(29)10-16(23(22)30)15-4-5-17(28)19-14(7-9-27(2)3)12-25-21(15)19/h4-5,10-12,24-26,28-30H,6-9H2,1-3H3. The Hall–Kier alpha value is -3.16. The van der Waals surface area contributed by atoms with Gasteiger partial charge in [0, 0.05) is 40.8 Å². The van der Waals surface area contributed by atoms with Crippen LogP contribution in [0.4, 0.5) is 0 Å². The van der Waals surface area contributed by atoms with Crippen LogP contribution in [0.25, 0.3) is 32.9 Å². The van der Waals surface area contributed by atoms with Crippen LogP contribution >= 0.6 is 0 Å². The maximum atomic E-state index is 11.0. The van der Waals surface area contributed by atoms with Gasteiger partial charge in [-0.25, -0.2) is 0 Å². The normalized spacial score (nSPS) is 11.9. The van der Waals surface area contributed by atoms with Gasteiger partial charge < -0.3 is 35.5 Å². The first-order chi connectivity index (χ1) is 14.4. The minimum atomic E-state index is 0.0786. The molecule has 0 aliphatic rings. The van der Waals surface area contributed by atoms with Crippen LogP contribution in [0.2, 0.25) is 0 Å². The number of fused-ring (bicyclic) bond motifs is 2. The number of hydrogen-bond acceptors (Lipinski definition) is 5. The van der Waals surface area contributed by atoms with Crippen LogP contribution in [-0.4, -0.2) is 64.4 Å². The maximum absolute atomic E-state index is 11.0. The van der Waals surface area contributed by atoms with Gasteiger partial charge in [-0.3, -0.25) is 0 Å². The average molecular weight is 409 g/mol. The molecule has 0 aliphatic carbocycles. The van der Waals surface area contributed by atoms with Crippen molar-refractivity contribution in [1.82, 2.24) is 20.2 Å². The SMILES string of the molecule is CNCCc1c[nH]c2c(O)c(-c3ccc(O)c4c(CCN(C)C)c[nH]c34)cc(O)c12. The zero-order valence-corrected chi connectivity index (χ0v) is 17.5. The quantitative estimate of drug-likeness (QED) is 0.263. The van der Waals surface area contributed by atoms with Gasteiger partial charge in [-0.15, -0.1) is 0 Å². The van der Waals surface area contributed by atoms with E-state index in [9.17, 15) is 15.3 Å². The number of nitrogens with zero attached hydrogens (tertiary/aromatic N) is 1. The first-order valence-electron chi connectivity index (χ1n) is 10.1. The van der Waals surface area contributed by atoms with E-state index in [0.717, 1.165) is 53.5 Å². The number of phenolic OH excluding ortho intramolecular Hbond substituents is 3. The smallest absolute Gasteiger partial charge is 0.147 e. The molecular weight excluding hydrogens is 380 g/mol. The first-order valence-corrected chi connectivity index (χ1v) is 10.1. The van der Waals surface area contributed by atoms with Crippen molar-refractivity contribution in [3.63, 3.8) is 0 Å².